The summed E-state index contributed by atoms with van der Waals surface area (Å²) in [6.07, 6.45) is 5.31. The number of nitrogens with one attached hydrogen (secondary N) is 1. The highest BCUT2D eigenvalue weighted by molar-refractivity contribution is 5.41. The van der Waals surface area contributed by atoms with E-state index < -0.39 is 0 Å². The molecule has 0 radical (unpaired) electrons. The van der Waals surface area contributed by atoms with Gasteiger partial charge in [-0.15, -0.1) is 0 Å². The number of hydrogen-bond donors (Lipinski definition) is 1. The quantitative estimate of drug-likeness (QED) is 0.731. The lowest BCUT2D eigenvalue weighted by atomic mass is 9.98. The summed E-state index contributed by atoms with van der Waals surface area (Å²) < 4.78 is 7.39. The Morgan fingerprint density at radius 2 is 1.96 bits per heavy atom. The van der Waals surface area contributed by atoms with Crippen molar-refractivity contribution in [3.8, 4) is 11.4 Å². The van der Waals surface area contributed by atoms with Crippen molar-refractivity contribution >= 4 is 0 Å². The Hall–Kier alpha value is -2.66. The van der Waals surface area contributed by atoms with Crippen LogP contribution in [0.25, 0.3) is 5.69 Å². The van der Waals surface area contributed by atoms with Crippen molar-refractivity contribution in [2.24, 2.45) is 0 Å². The summed E-state index contributed by atoms with van der Waals surface area (Å²) in [6.45, 7) is 5.24. The van der Waals surface area contributed by atoms with Crippen LogP contribution >= 0.6 is 0 Å². The van der Waals surface area contributed by atoms with E-state index in [9.17, 15) is 0 Å². The zero-order valence-electron chi connectivity index (χ0n) is 15.2. The van der Waals surface area contributed by atoms with Crippen LogP contribution in [0.3, 0.4) is 0 Å². The fourth-order valence-electron chi connectivity index (χ4n) is 3.53. The molecule has 0 aliphatic carbocycles. The summed E-state index contributed by atoms with van der Waals surface area (Å²) in [5.74, 6) is 1.04. The number of hydrogen-bond acceptors (Lipinski definition) is 4. The van der Waals surface area contributed by atoms with Crippen LogP contribution in [0.4, 0.5) is 0 Å². The molecule has 0 bridgehead atoms. The van der Waals surface area contributed by atoms with Gasteiger partial charge in [0, 0.05) is 18.5 Å². The maximum atomic E-state index is 5.63. The zero-order valence-corrected chi connectivity index (χ0v) is 15.2. The van der Waals surface area contributed by atoms with Crippen molar-refractivity contribution in [3.05, 3.63) is 71.8 Å². The van der Waals surface area contributed by atoms with E-state index in [-0.39, 0.29) is 6.04 Å². The monoisotopic (exact) mass is 348 g/mol. The normalized spacial score (nSPS) is 15.3. The standard InChI is InChI=1S/C21H24N4O/c1-3-20(17-6-9-21-18(12-17)10-11-26-21)24-15(2)16-4-7-19(8-5-16)25-14-22-13-23-25/h4-9,12-15,20,24H,3,10-11H2,1-2H3/t15-,20-/m1/s1. The van der Waals surface area contributed by atoms with Crippen molar-refractivity contribution in [2.45, 2.75) is 38.8 Å². The number of rotatable bonds is 6. The molecule has 2 heterocycles. The number of aromatic nitrogens is 3. The van der Waals surface area contributed by atoms with Crippen LogP contribution in [0.2, 0.25) is 0 Å². The second kappa shape index (κ2) is 7.30. The van der Waals surface area contributed by atoms with E-state index in [1.807, 2.05) is 0 Å². The largest absolute Gasteiger partial charge is 0.493 e. The van der Waals surface area contributed by atoms with Gasteiger partial charge in [0.2, 0.25) is 0 Å². The zero-order chi connectivity index (χ0) is 17.9. The third-order valence-electron chi connectivity index (χ3n) is 5.05. The minimum Gasteiger partial charge on any atom is -0.493 e. The highest BCUT2D eigenvalue weighted by atomic mass is 16.5. The molecule has 4 rings (SSSR count). The molecule has 2 atom stereocenters. The van der Waals surface area contributed by atoms with Crippen molar-refractivity contribution in [1.82, 2.24) is 20.1 Å². The summed E-state index contributed by atoms with van der Waals surface area (Å²) >= 11 is 0. The minimum absolute atomic E-state index is 0.259. The van der Waals surface area contributed by atoms with Gasteiger partial charge in [-0.05, 0) is 48.2 Å². The Balaban J connectivity index is 1.48. The molecule has 0 amide bonds. The topological polar surface area (TPSA) is 52.0 Å². The van der Waals surface area contributed by atoms with Crippen molar-refractivity contribution < 1.29 is 4.74 Å². The van der Waals surface area contributed by atoms with Crippen molar-refractivity contribution in [1.29, 1.82) is 0 Å². The van der Waals surface area contributed by atoms with Crippen LogP contribution in [0, 0.1) is 0 Å². The van der Waals surface area contributed by atoms with E-state index in [1.165, 1.54) is 16.7 Å². The molecule has 0 spiro atoms. The molecule has 26 heavy (non-hydrogen) atoms. The predicted molar refractivity (Wildman–Crippen MR) is 102 cm³/mol. The lowest BCUT2D eigenvalue weighted by Gasteiger charge is -2.23. The molecular weight excluding hydrogens is 324 g/mol. The Labute approximate surface area is 154 Å². The van der Waals surface area contributed by atoms with E-state index in [1.54, 1.807) is 17.3 Å². The highest BCUT2D eigenvalue weighted by Crippen LogP contribution is 2.30. The van der Waals surface area contributed by atoms with Gasteiger partial charge in [-0.1, -0.05) is 31.2 Å². The molecule has 1 N–H and O–H groups in total. The summed E-state index contributed by atoms with van der Waals surface area (Å²) in [5.41, 5.74) is 4.94. The SMILES string of the molecule is CC[C@@H](N[C@H](C)c1ccc(-n2cncn2)cc1)c1ccc2c(c1)CCO2. The molecule has 2 aromatic carbocycles. The summed E-state index contributed by atoms with van der Waals surface area (Å²) in [5, 5.41) is 7.94. The lowest BCUT2D eigenvalue weighted by molar-refractivity contribution is 0.356. The number of nitrogens with zero attached hydrogens (tertiary/aromatic N) is 3. The fourth-order valence-corrected chi connectivity index (χ4v) is 3.53. The molecule has 134 valence electrons. The van der Waals surface area contributed by atoms with Gasteiger partial charge in [-0.2, -0.15) is 5.10 Å². The Bertz CT molecular complexity index is 858. The summed E-state index contributed by atoms with van der Waals surface area (Å²) in [6, 6.07) is 15.6. The van der Waals surface area contributed by atoms with Gasteiger partial charge in [0.1, 0.15) is 18.4 Å². The summed E-state index contributed by atoms with van der Waals surface area (Å²) in [7, 11) is 0. The smallest absolute Gasteiger partial charge is 0.138 e. The van der Waals surface area contributed by atoms with Crippen LogP contribution in [0.15, 0.2) is 55.1 Å². The van der Waals surface area contributed by atoms with E-state index >= 15 is 0 Å². The van der Waals surface area contributed by atoms with Crippen molar-refractivity contribution in [3.63, 3.8) is 0 Å². The number of benzene rings is 2. The first kappa shape index (κ1) is 16.8. The Morgan fingerprint density at radius 1 is 1.15 bits per heavy atom. The molecular formula is C21H24N4O. The van der Waals surface area contributed by atoms with Crippen molar-refractivity contribution in [2.75, 3.05) is 6.61 Å². The fraction of sp³-hybridized carbons (Fsp3) is 0.333. The Kier molecular flexibility index (Phi) is 4.71. The third-order valence-corrected chi connectivity index (χ3v) is 5.05. The van der Waals surface area contributed by atoms with Gasteiger partial charge in [0.05, 0.1) is 12.3 Å². The average molecular weight is 348 g/mol. The van der Waals surface area contributed by atoms with E-state index in [0.29, 0.717) is 6.04 Å². The Morgan fingerprint density at radius 3 is 2.69 bits per heavy atom. The average Bonchev–Trinajstić information content (AvgIpc) is 3.37. The first-order valence-electron chi connectivity index (χ1n) is 9.21. The van der Waals surface area contributed by atoms with E-state index in [4.69, 9.17) is 4.74 Å². The predicted octanol–water partition coefficient (Wildman–Crippen LogP) is 4.00. The van der Waals surface area contributed by atoms with Gasteiger partial charge in [0.15, 0.2) is 0 Å². The molecule has 0 saturated carbocycles. The molecule has 3 aromatic rings. The van der Waals surface area contributed by atoms with Crippen LogP contribution in [0.1, 0.15) is 49.0 Å². The molecule has 0 fully saturated rings. The number of ether oxygens (including phenoxy) is 1. The molecule has 1 aliphatic rings. The first-order valence-corrected chi connectivity index (χ1v) is 9.21. The van der Waals surface area contributed by atoms with Gasteiger partial charge in [-0.25, -0.2) is 9.67 Å². The summed E-state index contributed by atoms with van der Waals surface area (Å²) in [4.78, 5) is 4.00. The van der Waals surface area contributed by atoms with Gasteiger partial charge < -0.3 is 10.1 Å². The van der Waals surface area contributed by atoms with Crippen LogP contribution < -0.4 is 10.1 Å². The molecule has 1 aromatic heterocycles. The highest BCUT2D eigenvalue weighted by Gasteiger charge is 2.18. The second-order valence-electron chi connectivity index (χ2n) is 6.75. The lowest BCUT2D eigenvalue weighted by Crippen LogP contribution is -2.24. The maximum absolute atomic E-state index is 5.63. The van der Waals surface area contributed by atoms with Crippen LogP contribution in [-0.2, 0) is 6.42 Å². The van der Waals surface area contributed by atoms with E-state index in [0.717, 1.165) is 30.9 Å². The second-order valence-corrected chi connectivity index (χ2v) is 6.75. The number of fused-ring (bicyclic) bond motifs is 1. The van der Waals surface area contributed by atoms with Gasteiger partial charge >= 0.3 is 0 Å². The molecule has 1 aliphatic heterocycles. The molecule has 5 nitrogen and oxygen atoms in total. The first-order chi connectivity index (χ1) is 12.7. The van der Waals surface area contributed by atoms with Crippen LogP contribution in [-0.4, -0.2) is 21.4 Å². The molecule has 0 saturated heterocycles. The third kappa shape index (κ3) is 3.35. The minimum atomic E-state index is 0.259. The van der Waals surface area contributed by atoms with Gasteiger partial charge in [-0.3, -0.25) is 0 Å². The molecule has 5 heteroatoms. The maximum Gasteiger partial charge on any atom is 0.138 e. The van der Waals surface area contributed by atoms with E-state index in [2.05, 4.69) is 71.7 Å². The van der Waals surface area contributed by atoms with Crippen LogP contribution in [0.5, 0.6) is 5.75 Å². The molecule has 0 unspecified atom stereocenters. The van der Waals surface area contributed by atoms with Gasteiger partial charge in [0.25, 0.3) is 0 Å².